The summed E-state index contributed by atoms with van der Waals surface area (Å²) in [7, 11) is -20.0. The lowest BCUT2D eigenvalue weighted by Gasteiger charge is -2.26. The van der Waals surface area contributed by atoms with E-state index in [0.29, 0.717) is 0 Å². The number of nitrogen functional groups attached to an aromatic ring is 4. The summed E-state index contributed by atoms with van der Waals surface area (Å²) in [6.07, 6.45) is -19.9. The molecule has 4 unspecified atom stereocenters. The zero-order valence-corrected chi connectivity index (χ0v) is 47.7. The van der Waals surface area contributed by atoms with E-state index in [9.17, 15) is 63.4 Å². The normalized spacial score (nSPS) is 31.5. The predicted molar refractivity (Wildman–Crippen MR) is 282 cm³/mol. The van der Waals surface area contributed by atoms with E-state index >= 15 is 0 Å². The third-order valence-electron chi connectivity index (χ3n) is 14.2. The Bertz CT molecular complexity index is 4080. The molecular weight excluding hydrogens is 1270 g/mol. The fraction of sp³-hybridized carbons (Fsp3) is 0.500. The van der Waals surface area contributed by atoms with Crippen molar-refractivity contribution in [3.8, 4) is 0 Å². The molecule has 472 valence electrons. The topological polar surface area (TPSA) is 630 Å². The van der Waals surface area contributed by atoms with Crippen LogP contribution in [0.1, 0.15) is 24.9 Å². The molecule has 0 aromatic carbocycles. The molecule has 12 heterocycles. The SMILES string of the molecule is Nc1ncnc2c1ncn2[C@@H]1O[C@H](COP(=O)(O)O[C@H]2[C@@H](O)[C@H](n3cnc4c(N)ncnc43)O[C@@H]2COP(=O)(O)O[C@H]2[C@@H](O)[C@H](n3cnc4c(N)ncnc43)O[C@@H]2COP(=O)(O)O[C@H]2[C@@H](O)[C@H](n3cnc4c(N)ncnc43)O[C@@H]2CO[P+](=O)O)[C@@H](O)[C@H]1O. The zero-order chi connectivity index (χ0) is 62.3. The van der Waals surface area contributed by atoms with E-state index in [0.717, 1.165) is 53.4 Å². The lowest BCUT2D eigenvalue weighted by Crippen LogP contribution is -2.38. The highest BCUT2D eigenvalue weighted by Crippen LogP contribution is 2.54. The van der Waals surface area contributed by atoms with Gasteiger partial charge in [-0.2, -0.15) is 0 Å². The van der Waals surface area contributed by atoms with Crippen LogP contribution >= 0.6 is 31.7 Å². The van der Waals surface area contributed by atoms with Gasteiger partial charge in [-0.15, -0.1) is 9.42 Å². The van der Waals surface area contributed by atoms with Crippen LogP contribution in [-0.4, -0.2) is 223 Å². The van der Waals surface area contributed by atoms with Gasteiger partial charge in [0.25, 0.3) is 0 Å². The van der Waals surface area contributed by atoms with E-state index in [2.05, 4.69) is 59.8 Å². The van der Waals surface area contributed by atoms with E-state index in [1.807, 2.05) is 0 Å². The molecule has 8 aromatic rings. The molecule has 0 aliphatic carbocycles. The Morgan fingerprint density at radius 1 is 0.420 bits per heavy atom. The largest absolute Gasteiger partial charge is 0.694 e. The van der Waals surface area contributed by atoms with Crippen molar-refractivity contribution in [3.63, 3.8) is 0 Å². The molecule has 44 nitrogen and oxygen atoms in total. The van der Waals surface area contributed by atoms with Gasteiger partial charge in [-0.1, -0.05) is 0 Å². The van der Waals surface area contributed by atoms with Gasteiger partial charge in [0.15, 0.2) is 70.8 Å². The first-order valence-corrected chi connectivity index (χ1v) is 31.0. The summed E-state index contributed by atoms with van der Waals surface area (Å²) >= 11 is 0. The van der Waals surface area contributed by atoms with E-state index < -0.39 is 156 Å². The van der Waals surface area contributed by atoms with Crippen molar-refractivity contribution in [2.45, 2.75) is 98.2 Å². The van der Waals surface area contributed by atoms with Gasteiger partial charge in [0.2, 0.25) is 0 Å². The Morgan fingerprint density at radius 3 is 1.00 bits per heavy atom. The monoisotopic (exact) mass is 1320 g/mol. The van der Waals surface area contributed by atoms with E-state index in [4.69, 9.17) is 73.5 Å². The Kier molecular flexibility index (Phi) is 16.8. The fourth-order valence-electron chi connectivity index (χ4n) is 10.2. The summed E-state index contributed by atoms with van der Waals surface area (Å²) in [5.74, 6) is -0.283. The maximum Gasteiger partial charge on any atom is 0.694 e. The number of aliphatic hydroxyl groups excluding tert-OH is 5. The molecule has 4 aliphatic heterocycles. The predicted octanol–water partition coefficient (Wildman–Crippen LogP) is -3.76. The molecule has 0 radical (unpaired) electrons. The van der Waals surface area contributed by atoms with Crippen LogP contribution in [0.5, 0.6) is 0 Å². The molecule has 4 fully saturated rings. The van der Waals surface area contributed by atoms with Crippen LogP contribution < -0.4 is 22.9 Å². The van der Waals surface area contributed by atoms with Crippen molar-refractivity contribution in [2.75, 3.05) is 49.4 Å². The second-order valence-corrected chi connectivity index (χ2v) is 24.5. The van der Waals surface area contributed by atoms with Crippen LogP contribution in [-0.2, 0) is 68.9 Å². The molecule has 0 amide bonds. The number of nitrogens with two attached hydrogens (primary N) is 4. The molecule has 20 atom stereocenters. The molecule has 48 heteroatoms. The van der Waals surface area contributed by atoms with Crippen molar-refractivity contribution < 1.29 is 114 Å². The molecular formula is C40H49N20O24P4+. The summed E-state index contributed by atoms with van der Waals surface area (Å²) in [6.45, 7) is -4.12. The highest BCUT2D eigenvalue weighted by Gasteiger charge is 2.55. The van der Waals surface area contributed by atoms with Crippen LogP contribution in [0, 0.1) is 0 Å². The van der Waals surface area contributed by atoms with Gasteiger partial charge in [-0.25, -0.2) is 73.5 Å². The van der Waals surface area contributed by atoms with E-state index in [1.54, 1.807) is 0 Å². The van der Waals surface area contributed by atoms with Crippen LogP contribution in [0.15, 0.2) is 50.6 Å². The first-order chi connectivity index (χ1) is 41.9. The van der Waals surface area contributed by atoms with Gasteiger partial charge in [0, 0.05) is 4.57 Å². The molecule has 4 saturated heterocycles. The number of imidazole rings is 4. The number of hydrogen-bond acceptors (Lipinski definition) is 36. The zero-order valence-electron chi connectivity index (χ0n) is 44.1. The average molecular weight is 1320 g/mol. The molecule has 0 saturated carbocycles. The first kappa shape index (κ1) is 61.6. The molecule has 0 spiro atoms. The van der Waals surface area contributed by atoms with E-state index in [1.165, 1.54) is 15.5 Å². The Morgan fingerprint density at radius 2 is 0.693 bits per heavy atom. The van der Waals surface area contributed by atoms with Gasteiger partial charge in [-0.05, 0) is 0 Å². The molecule has 88 heavy (non-hydrogen) atoms. The van der Waals surface area contributed by atoms with Gasteiger partial charge < -0.3 is 82.1 Å². The molecule has 12 rings (SSSR count). The minimum atomic E-state index is -5.70. The number of fused-ring (bicyclic) bond motifs is 4. The first-order valence-electron chi connectivity index (χ1n) is 25.4. The maximum atomic E-state index is 14.2. The van der Waals surface area contributed by atoms with Crippen molar-refractivity contribution in [1.29, 1.82) is 0 Å². The summed E-state index contributed by atoms with van der Waals surface area (Å²) in [5, 5.41) is 57.2. The van der Waals surface area contributed by atoms with Crippen LogP contribution in [0.3, 0.4) is 0 Å². The summed E-state index contributed by atoms with van der Waals surface area (Å²) < 4.78 is 119. The van der Waals surface area contributed by atoms with Gasteiger partial charge in [0.1, 0.15) is 127 Å². The van der Waals surface area contributed by atoms with Crippen molar-refractivity contribution in [2.24, 2.45) is 0 Å². The van der Waals surface area contributed by atoms with Crippen LogP contribution in [0.25, 0.3) is 44.7 Å². The smallest absolute Gasteiger partial charge is 0.387 e. The average Bonchev–Trinajstić information content (AvgIpc) is 2.48. The molecule has 17 N–H and O–H groups in total. The van der Waals surface area contributed by atoms with E-state index in [-0.39, 0.29) is 67.9 Å². The van der Waals surface area contributed by atoms with Crippen molar-refractivity contribution in [1.82, 2.24) is 78.1 Å². The number of aliphatic hydroxyl groups is 5. The summed E-state index contributed by atoms with van der Waals surface area (Å²) in [4.78, 5) is 91.6. The minimum Gasteiger partial charge on any atom is -0.387 e. The summed E-state index contributed by atoms with van der Waals surface area (Å²) in [6, 6.07) is 0. The Hall–Kier alpha value is -6.61. The second kappa shape index (κ2) is 24.0. The highest BCUT2D eigenvalue weighted by atomic mass is 31.2. The molecule has 8 aromatic heterocycles. The number of aromatic nitrogens is 16. The number of hydrogen-bond donors (Lipinski definition) is 13. The van der Waals surface area contributed by atoms with Gasteiger partial charge >= 0.3 is 31.7 Å². The quantitative estimate of drug-likeness (QED) is 0.0290. The van der Waals surface area contributed by atoms with Crippen molar-refractivity contribution >= 4 is 99.6 Å². The standard InChI is InChI=1S/C40H48N20O24P4/c41-29-17-33(49-5-45-29)57(9-53-17)37-22(62)21(61)13(78-37)2-75-86(68,69)83-27-15(80-39(24(27)64)59-11-55-19-31(43)47-7-51-35(19)59)4-77-88(72,73)84-28-16(81-40(25(28)65)60-12-56-20-32(44)48-8-52-36(20)60)3-76-87(70,71)82-26-14(1-74-85(66)67)79-38(23(26)63)58-10-54-18-30(42)46-6-50-34(18)58/h5-16,21-28,37-40,61-65H,1-4H2,(H11-,41,42,43,44,45,46,47,48,49,50,51,52,66,67,68,69,70,71,72,73)/p+1/t13-,14-,15-,16-,21-,22-,23-,24-,25-,26-,27-,28-,37-,38-,39-,40-/m1/s1. The number of rotatable bonds is 22. The Labute approximate surface area is 488 Å². The number of phosphoric ester groups is 3. The minimum absolute atomic E-state index is 0.00390. The number of nitrogens with zero attached hydrogens (tertiary/aromatic N) is 16. The molecule has 0 bridgehead atoms. The van der Waals surface area contributed by atoms with Crippen LogP contribution in [0.2, 0.25) is 0 Å². The van der Waals surface area contributed by atoms with Crippen molar-refractivity contribution in [3.05, 3.63) is 50.6 Å². The lowest BCUT2D eigenvalue weighted by atomic mass is 10.1. The summed E-state index contributed by atoms with van der Waals surface area (Å²) in [5.41, 5.74) is 24.0. The highest BCUT2D eigenvalue weighted by molar-refractivity contribution is 7.48. The second-order valence-electron chi connectivity index (χ2n) is 19.6. The Balaban J connectivity index is 0.770. The number of phosphoric acid groups is 3. The lowest BCUT2D eigenvalue weighted by molar-refractivity contribution is -0.0631. The van der Waals surface area contributed by atoms with Crippen LogP contribution in [0.4, 0.5) is 23.3 Å². The molecule has 4 aliphatic rings. The van der Waals surface area contributed by atoms with Gasteiger partial charge in [-0.3, -0.25) is 45.4 Å². The fourth-order valence-corrected chi connectivity index (χ4v) is 13.3. The number of anilines is 4. The van der Waals surface area contributed by atoms with Gasteiger partial charge in [0.05, 0.1) is 45.1 Å². The number of ether oxygens (including phenoxy) is 4. The third kappa shape index (κ3) is 11.8. The third-order valence-corrected chi connectivity index (χ3v) is 17.6. The maximum absolute atomic E-state index is 14.2.